The van der Waals surface area contributed by atoms with Crippen LogP contribution in [-0.2, 0) is 0 Å². The Hall–Kier alpha value is -4.76. The first kappa shape index (κ1) is 24.3. The van der Waals surface area contributed by atoms with Crippen LogP contribution in [0.1, 0.15) is 29.2 Å². The van der Waals surface area contributed by atoms with E-state index in [2.05, 4.69) is 38.0 Å². The quantitative estimate of drug-likeness (QED) is 0.349. The molecule has 5 aromatic rings. The van der Waals surface area contributed by atoms with Gasteiger partial charge in [0.25, 0.3) is 11.5 Å². The van der Waals surface area contributed by atoms with Gasteiger partial charge >= 0.3 is 0 Å². The smallest absolute Gasteiger partial charge is 0.267 e. The van der Waals surface area contributed by atoms with Gasteiger partial charge in [-0.15, -0.1) is 0 Å². The first-order valence-corrected chi connectivity index (χ1v) is 13.4. The largest absolute Gasteiger partial charge is 0.383 e. The van der Waals surface area contributed by atoms with Gasteiger partial charge in [-0.05, 0) is 67.3 Å². The molecule has 0 bridgehead atoms. The van der Waals surface area contributed by atoms with Crippen molar-refractivity contribution >= 4 is 28.4 Å². The third-order valence-electron chi connectivity index (χ3n) is 8.26. The third-order valence-corrected chi connectivity index (χ3v) is 8.26. The Morgan fingerprint density at radius 2 is 1.75 bits per heavy atom. The van der Waals surface area contributed by atoms with Crippen LogP contribution < -0.4 is 16.6 Å². The van der Waals surface area contributed by atoms with Crippen molar-refractivity contribution in [3.8, 4) is 16.8 Å². The van der Waals surface area contributed by atoms with E-state index in [1.165, 1.54) is 17.0 Å². The minimum Gasteiger partial charge on any atom is -0.383 e. The van der Waals surface area contributed by atoms with E-state index in [-0.39, 0.29) is 11.1 Å². The topological polar surface area (TPSA) is 111 Å². The molecule has 1 saturated heterocycles. The molecule has 0 unspecified atom stereocenters. The summed E-state index contributed by atoms with van der Waals surface area (Å²) in [6.45, 7) is 2.31. The Labute approximate surface area is 230 Å². The number of hydrogen-bond acceptors (Lipinski definition) is 6. The third kappa shape index (κ3) is 3.97. The molecule has 200 valence electrons. The minimum absolute atomic E-state index is 0.0688. The Kier molecular flexibility index (Phi) is 5.57. The Balaban J connectivity index is 1.14. The zero-order chi connectivity index (χ0) is 27.4. The standard InChI is InChI=1S/C31H29N7O2/c1-36-17-31(18-36)14-23(15-31)38-16-25(26-27(32)33-19-34-28(26)38)20-9-11-21(12-10-20)35-29(39)24-8-5-13-37(30(24)40)22-6-3-2-4-7-22/h2-13,16,19,23H,14-15,17-18H2,1H3,(H,35,39)(H2,32,33,34). The second-order valence-electron chi connectivity index (χ2n) is 11.1. The van der Waals surface area contributed by atoms with Gasteiger partial charge in [0.05, 0.1) is 5.39 Å². The number of nitrogens with one attached hydrogen (secondary N) is 1. The number of nitrogen functional groups attached to an aromatic ring is 1. The molecule has 9 heteroatoms. The second-order valence-corrected chi connectivity index (χ2v) is 11.1. The number of benzene rings is 2. The fraction of sp³-hybridized carbons (Fsp3) is 0.226. The zero-order valence-electron chi connectivity index (χ0n) is 22.1. The molecular formula is C31H29N7O2. The molecule has 2 fully saturated rings. The average Bonchev–Trinajstić information content (AvgIpc) is 3.31. The monoisotopic (exact) mass is 531 g/mol. The van der Waals surface area contributed by atoms with E-state index in [9.17, 15) is 9.59 Å². The van der Waals surface area contributed by atoms with Crippen molar-refractivity contribution in [3.63, 3.8) is 0 Å². The molecular weight excluding hydrogens is 502 g/mol. The SMILES string of the molecule is CN1CC2(CC(n3cc(-c4ccc(NC(=O)c5cccn(-c6ccccc6)c5=O)cc4)c4c(N)ncnc43)C2)C1. The maximum absolute atomic E-state index is 13.0. The molecule has 1 aliphatic carbocycles. The van der Waals surface area contributed by atoms with Gasteiger partial charge in [0.1, 0.15) is 23.4 Å². The summed E-state index contributed by atoms with van der Waals surface area (Å²) in [7, 11) is 2.17. The van der Waals surface area contributed by atoms with Crippen molar-refractivity contribution in [1.82, 2.24) is 24.0 Å². The van der Waals surface area contributed by atoms with Crippen molar-refractivity contribution in [3.05, 3.63) is 101 Å². The fourth-order valence-electron chi connectivity index (χ4n) is 6.49. The Bertz CT molecular complexity index is 1790. The molecule has 9 nitrogen and oxygen atoms in total. The number of nitrogens with zero attached hydrogens (tertiary/aromatic N) is 5. The number of likely N-dealkylation sites (tertiary alicyclic amines) is 1. The summed E-state index contributed by atoms with van der Waals surface area (Å²) < 4.78 is 3.72. The van der Waals surface area contributed by atoms with Crippen molar-refractivity contribution in [1.29, 1.82) is 0 Å². The normalized spacial score (nSPS) is 16.5. The number of anilines is 2. The van der Waals surface area contributed by atoms with Gasteiger partial charge in [0.2, 0.25) is 0 Å². The summed E-state index contributed by atoms with van der Waals surface area (Å²) in [5.74, 6) is -0.00912. The number of nitrogens with two attached hydrogens (primary N) is 1. The minimum atomic E-state index is -0.460. The van der Waals surface area contributed by atoms with Gasteiger partial charge in [-0.2, -0.15) is 0 Å². The van der Waals surface area contributed by atoms with E-state index < -0.39 is 5.91 Å². The van der Waals surface area contributed by atoms with E-state index in [0.717, 1.165) is 48.1 Å². The summed E-state index contributed by atoms with van der Waals surface area (Å²) in [5.41, 5.74) is 10.5. The Morgan fingerprint density at radius 3 is 2.48 bits per heavy atom. The predicted molar refractivity (Wildman–Crippen MR) is 156 cm³/mol. The first-order valence-electron chi connectivity index (χ1n) is 13.4. The highest BCUT2D eigenvalue weighted by Gasteiger charge is 2.51. The van der Waals surface area contributed by atoms with E-state index in [0.29, 0.717) is 28.6 Å². The molecule has 2 aliphatic rings. The van der Waals surface area contributed by atoms with Crippen molar-refractivity contribution in [2.75, 3.05) is 31.2 Å². The number of rotatable bonds is 5. The number of fused-ring (bicyclic) bond motifs is 1. The van der Waals surface area contributed by atoms with Crippen LogP contribution in [0.5, 0.6) is 0 Å². The molecule has 0 radical (unpaired) electrons. The number of pyridine rings is 1. The van der Waals surface area contributed by atoms with Crippen molar-refractivity contribution in [2.24, 2.45) is 5.41 Å². The first-order chi connectivity index (χ1) is 19.4. The highest BCUT2D eigenvalue weighted by molar-refractivity contribution is 6.04. The highest BCUT2D eigenvalue weighted by atomic mass is 16.2. The van der Waals surface area contributed by atoms with Gasteiger partial charge in [-0.3, -0.25) is 14.2 Å². The van der Waals surface area contributed by atoms with Gasteiger partial charge in [-0.25, -0.2) is 9.97 Å². The van der Waals surface area contributed by atoms with E-state index in [1.54, 1.807) is 12.3 Å². The summed E-state index contributed by atoms with van der Waals surface area (Å²) in [5, 5.41) is 3.71. The van der Waals surface area contributed by atoms with E-state index in [1.807, 2.05) is 54.6 Å². The van der Waals surface area contributed by atoms with Crippen LogP contribution >= 0.6 is 0 Å². The second kappa shape index (κ2) is 9.17. The van der Waals surface area contributed by atoms with Crippen LogP contribution in [0.2, 0.25) is 0 Å². The lowest BCUT2D eigenvalue weighted by Crippen LogP contribution is -2.60. The van der Waals surface area contributed by atoms with Crippen molar-refractivity contribution < 1.29 is 4.79 Å². The van der Waals surface area contributed by atoms with Gasteiger partial charge < -0.3 is 20.5 Å². The van der Waals surface area contributed by atoms with Crippen LogP contribution in [0, 0.1) is 5.41 Å². The summed E-state index contributed by atoms with van der Waals surface area (Å²) in [6.07, 6.45) is 7.60. The molecule has 1 spiro atoms. The zero-order valence-corrected chi connectivity index (χ0v) is 22.1. The van der Waals surface area contributed by atoms with Gasteiger partial charge in [0, 0.05) is 48.5 Å². The summed E-state index contributed by atoms with van der Waals surface area (Å²) >= 11 is 0. The van der Waals surface area contributed by atoms with Gasteiger partial charge in [0.15, 0.2) is 0 Å². The van der Waals surface area contributed by atoms with Crippen LogP contribution in [-0.4, -0.2) is 50.0 Å². The summed E-state index contributed by atoms with van der Waals surface area (Å²) in [4.78, 5) is 37.3. The number of hydrogen-bond donors (Lipinski definition) is 2. The predicted octanol–water partition coefficient (Wildman–Crippen LogP) is 4.35. The molecule has 4 heterocycles. The summed E-state index contributed by atoms with van der Waals surface area (Å²) in [6, 6.07) is 20.4. The molecule has 40 heavy (non-hydrogen) atoms. The number of carbonyl (C=O) groups is 1. The van der Waals surface area contributed by atoms with Crippen LogP contribution in [0.15, 0.2) is 90.2 Å². The molecule has 0 atom stereocenters. The lowest BCUT2D eigenvalue weighted by Gasteiger charge is -2.58. The maximum Gasteiger partial charge on any atom is 0.267 e. The van der Waals surface area contributed by atoms with E-state index in [4.69, 9.17) is 5.73 Å². The van der Waals surface area contributed by atoms with E-state index >= 15 is 0 Å². The molecule has 3 aromatic heterocycles. The molecule has 2 aromatic carbocycles. The molecule has 7 rings (SSSR count). The Morgan fingerprint density at radius 1 is 1.00 bits per heavy atom. The number of aromatic nitrogens is 4. The van der Waals surface area contributed by atoms with Crippen LogP contribution in [0.25, 0.3) is 27.8 Å². The lowest BCUT2D eigenvalue weighted by molar-refractivity contribution is -0.0747. The molecule has 1 saturated carbocycles. The molecule has 1 amide bonds. The maximum atomic E-state index is 13.0. The fourth-order valence-corrected chi connectivity index (χ4v) is 6.49. The van der Waals surface area contributed by atoms with Crippen LogP contribution in [0.4, 0.5) is 11.5 Å². The highest BCUT2D eigenvalue weighted by Crippen LogP contribution is 2.54. The molecule has 1 aliphatic heterocycles. The lowest BCUT2D eigenvalue weighted by atomic mass is 9.61. The molecule has 3 N–H and O–H groups in total. The van der Waals surface area contributed by atoms with Crippen LogP contribution in [0.3, 0.4) is 0 Å². The number of carbonyl (C=O) groups excluding carboxylic acids is 1. The number of amides is 1. The van der Waals surface area contributed by atoms with Gasteiger partial charge in [-0.1, -0.05) is 30.3 Å². The number of para-hydroxylation sites is 1. The van der Waals surface area contributed by atoms with Crippen molar-refractivity contribution in [2.45, 2.75) is 18.9 Å². The average molecular weight is 532 g/mol.